The summed E-state index contributed by atoms with van der Waals surface area (Å²) in [6.07, 6.45) is -2.21. The smallest absolute Gasteiger partial charge is 0.411 e. The highest BCUT2D eigenvalue weighted by Crippen LogP contribution is 2.23. The highest BCUT2D eigenvalue weighted by Gasteiger charge is 2.40. The first-order valence-corrected chi connectivity index (χ1v) is 13.5. The average Bonchev–Trinajstić information content (AvgIpc) is 3.36. The molecule has 1 heterocycles. The molecule has 1 saturated heterocycles. The lowest BCUT2D eigenvalue weighted by atomic mass is 10.0. The molecule has 40 heavy (non-hydrogen) atoms. The molecule has 1 aliphatic rings. The van der Waals surface area contributed by atoms with Crippen molar-refractivity contribution in [1.82, 2.24) is 9.80 Å². The summed E-state index contributed by atoms with van der Waals surface area (Å²) in [5.74, 6) is -3.60. The van der Waals surface area contributed by atoms with Crippen molar-refractivity contribution in [1.29, 1.82) is 0 Å². The average molecular weight is 563 g/mol. The Labute approximate surface area is 235 Å². The quantitative estimate of drug-likeness (QED) is 0.317. The van der Waals surface area contributed by atoms with Crippen LogP contribution in [0.4, 0.5) is 4.79 Å². The van der Waals surface area contributed by atoms with E-state index in [1.165, 1.54) is 18.9 Å². The predicted octanol–water partition coefficient (Wildman–Crippen LogP) is 3.43. The van der Waals surface area contributed by atoms with E-state index in [0.29, 0.717) is 24.9 Å². The second kappa shape index (κ2) is 14.1. The first kappa shape index (κ1) is 32.6. The van der Waals surface area contributed by atoms with E-state index in [4.69, 9.17) is 14.2 Å². The Balaban J connectivity index is 2.10. The van der Waals surface area contributed by atoms with E-state index in [-0.39, 0.29) is 18.8 Å². The van der Waals surface area contributed by atoms with Gasteiger partial charge in [-0.3, -0.25) is 9.69 Å². The number of esters is 2. The number of carboxylic acid groups (broad SMARTS) is 1. The Bertz CT molecular complexity index is 1050. The van der Waals surface area contributed by atoms with Crippen molar-refractivity contribution in [2.75, 3.05) is 13.6 Å². The van der Waals surface area contributed by atoms with Gasteiger partial charge in [0.1, 0.15) is 17.7 Å². The van der Waals surface area contributed by atoms with Gasteiger partial charge in [0.15, 0.2) is 6.10 Å². The third kappa shape index (κ3) is 9.53. The molecule has 2 amide bonds. The van der Waals surface area contributed by atoms with Crippen molar-refractivity contribution in [2.45, 2.75) is 97.1 Å². The number of benzene rings is 1. The van der Waals surface area contributed by atoms with E-state index >= 15 is 0 Å². The SMILES string of the molecule is CC(C)C[C@@H](C(=O)O[C@H](Cc1ccccc1)C(=O)O)N(C)C(=O)[C@@H](C)OC(=O)[C@@H]1CCCN1C(=O)OC(C)(C)C. The van der Waals surface area contributed by atoms with Crippen LogP contribution in [-0.2, 0) is 39.8 Å². The van der Waals surface area contributed by atoms with Gasteiger partial charge >= 0.3 is 24.0 Å². The summed E-state index contributed by atoms with van der Waals surface area (Å²) < 4.78 is 16.2. The molecule has 1 aromatic carbocycles. The molecule has 0 bridgehead atoms. The second-order valence-electron chi connectivity index (χ2n) is 11.5. The Hall–Kier alpha value is -3.63. The fraction of sp³-hybridized carbons (Fsp3) is 0.621. The van der Waals surface area contributed by atoms with Crippen LogP contribution in [0.25, 0.3) is 0 Å². The number of carboxylic acids is 1. The lowest BCUT2D eigenvalue weighted by molar-refractivity contribution is -0.172. The molecule has 222 valence electrons. The summed E-state index contributed by atoms with van der Waals surface area (Å²) in [5.41, 5.74) is -0.0543. The third-order valence-electron chi connectivity index (χ3n) is 6.37. The number of nitrogens with zero attached hydrogens (tertiary/aromatic N) is 2. The third-order valence-corrected chi connectivity index (χ3v) is 6.37. The molecule has 1 N–H and O–H groups in total. The number of carbonyl (C=O) groups is 5. The monoisotopic (exact) mass is 562 g/mol. The molecular formula is C29H42N2O9. The molecule has 1 aromatic rings. The number of carbonyl (C=O) groups excluding carboxylic acids is 4. The van der Waals surface area contributed by atoms with Gasteiger partial charge < -0.3 is 24.2 Å². The zero-order valence-electron chi connectivity index (χ0n) is 24.4. The Kier molecular flexibility index (Phi) is 11.5. The standard InChI is InChI=1S/C29H42N2O9/c1-18(2)16-22(27(36)39-23(25(33)34)17-20-12-9-8-10-13-20)30(7)24(32)19(3)38-26(35)21-14-11-15-31(21)28(37)40-29(4,5)6/h8-10,12-13,18-19,21-23H,11,14-17H2,1-7H3,(H,33,34)/t19-,21+,22+,23-/m1/s1. The lowest BCUT2D eigenvalue weighted by Crippen LogP contribution is -2.50. The largest absolute Gasteiger partial charge is 0.478 e. The molecule has 1 aliphatic heterocycles. The van der Waals surface area contributed by atoms with Crippen LogP contribution in [0.3, 0.4) is 0 Å². The zero-order valence-corrected chi connectivity index (χ0v) is 24.4. The zero-order chi connectivity index (χ0) is 30.2. The molecule has 0 unspecified atom stereocenters. The van der Waals surface area contributed by atoms with Gasteiger partial charge in [0, 0.05) is 20.0 Å². The van der Waals surface area contributed by atoms with Gasteiger partial charge in [-0.1, -0.05) is 44.2 Å². The molecule has 0 radical (unpaired) electrons. The number of rotatable bonds is 11. The molecule has 0 saturated carbocycles. The maximum absolute atomic E-state index is 13.3. The minimum absolute atomic E-state index is 0.0302. The Morgan fingerprint density at radius 1 is 1.05 bits per heavy atom. The minimum Gasteiger partial charge on any atom is -0.478 e. The van der Waals surface area contributed by atoms with E-state index in [9.17, 15) is 29.1 Å². The first-order chi connectivity index (χ1) is 18.6. The van der Waals surface area contributed by atoms with Crippen molar-refractivity contribution < 1.29 is 43.3 Å². The number of likely N-dealkylation sites (tertiary alicyclic amines) is 1. The van der Waals surface area contributed by atoms with E-state index in [1.54, 1.807) is 51.1 Å². The number of hydrogen-bond acceptors (Lipinski definition) is 8. The van der Waals surface area contributed by atoms with Gasteiger partial charge in [0.2, 0.25) is 6.10 Å². The molecular weight excluding hydrogens is 520 g/mol. The summed E-state index contributed by atoms with van der Waals surface area (Å²) in [5, 5.41) is 9.66. The van der Waals surface area contributed by atoms with Gasteiger partial charge in [-0.15, -0.1) is 0 Å². The fourth-order valence-electron chi connectivity index (χ4n) is 4.38. The van der Waals surface area contributed by atoms with Gasteiger partial charge in [-0.2, -0.15) is 0 Å². The maximum Gasteiger partial charge on any atom is 0.411 e. The summed E-state index contributed by atoms with van der Waals surface area (Å²) in [6.45, 7) is 10.6. The maximum atomic E-state index is 13.3. The van der Waals surface area contributed by atoms with Crippen LogP contribution < -0.4 is 0 Å². The van der Waals surface area contributed by atoms with Crippen LogP contribution in [0.5, 0.6) is 0 Å². The molecule has 0 aliphatic carbocycles. The first-order valence-electron chi connectivity index (χ1n) is 13.5. The lowest BCUT2D eigenvalue weighted by Gasteiger charge is -2.31. The molecule has 0 aromatic heterocycles. The van der Waals surface area contributed by atoms with Crippen LogP contribution in [0, 0.1) is 5.92 Å². The van der Waals surface area contributed by atoms with Gasteiger partial charge in [-0.25, -0.2) is 19.2 Å². The van der Waals surface area contributed by atoms with Crippen molar-refractivity contribution in [3.8, 4) is 0 Å². The number of hydrogen-bond donors (Lipinski definition) is 1. The number of amides is 2. The molecule has 0 spiro atoms. The summed E-state index contributed by atoms with van der Waals surface area (Å²) >= 11 is 0. The highest BCUT2D eigenvalue weighted by molar-refractivity contribution is 5.90. The molecule has 4 atom stereocenters. The number of likely N-dealkylation sites (N-methyl/N-ethyl adjacent to an activating group) is 1. The van der Waals surface area contributed by atoms with E-state index in [2.05, 4.69) is 0 Å². The van der Waals surface area contributed by atoms with Crippen molar-refractivity contribution in [2.24, 2.45) is 5.92 Å². The topological polar surface area (TPSA) is 140 Å². The minimum atomic E-state index is -1.44. The molecule has 11 heteroatoms. The van der Waals surface area contributed by atoms with E-state index in [0.717, 1.165) is 4.90 Å². The van der Waals surface area contributed by atoms with Crippen molar-refractivity contribution >= 4 is 29.9 Å². The molecule has 1 fully saturated rings. The molecule has 11 nitrogen and oxygen atoms in total. The fourth-order valence-corrected chi connectivity index (χ4v) is 4.38. The van der Waals surface area contributed by atoms with Crippen molar-refractivity contribution in [3.05, 3.63) is 35.9 Å². The van der Waals surface area contributed by atoms with Crippen LogP contribution >= 0.6 is 0 Å². The summed E-state index contributed by atoms with van der Waals surface area (Å²) in [6, 6.07) is 6.78. The Morgan fingerprint density at radius 3 is 2.23 bits per heavy atom. The number of aliphatic carboxylic acids is 1. The van der Waals surface area contributed by atoms with Crippen LogP contribution in [0.2, 0.25) is 0 Å². The second-order valence-corrected chi connectivity index (χ2v) is 11.5. The Morgan fingerprint density at radius 2 is 1.68 bits per heavy atom. The van der Waals surface area contributed by atoms with Gasteiger partial charge in [0.25, 0.3) is 5.91 Å². The number of ether oxygens (including phenoxy) is 3. The summed E-state index contributed by atoms with van der Waals surface area (Å²) in [7, 11) is 1.39. The highest BCUT2D eigenvalue weighted by atomic mass is 16.6. The van der Waals surface area contributed by atoms with Crippen molar-refractivity contribution in [3.63, 3.8) is 0 Å². The normalized spacial score (nSPS) is 17.5. The predicted molar refractivity (Wildman–Crippen MR) is 145 cm³/mol. The summed E-state index contributed by atoms with van der Waals surface area (Å²) in [4.78, 5) is 66.2. The van der Waals surface area contributed by atoms with Crippen LogP contribution in [0.1, 0.15) is 66.4 Å². The van der Waals surface area contributed by atoms with Gasteiger partial charge in [-0.05, 0) is 58.4 Å². The van der Waals surface area contributed by atoms with Gasteiger partial charge in [0.05, 0.1) is 0 Å². The van der Waals surface area contributed by atoms with Crippen LogP contribution in [0.15, 0.2) is 30.3 Å². The van der Waals surface area contributed by atoms with Crippen LogP contribution in [-0.4, -0.2) is 88.3 Å². The molecule has 2 rings (SSSR count). The van der Waals surface area contributed by atoms with E-state index in [1.807, 2.05) is 13.8 Å². The van der Waals surface area contributed by atoms with E-state index < -0.39 is 59.8 Å².